The average molecular weight is 343 g/mol. The molecule has 1 aromatic carbocycles. The Bertz CT molecular complexity index is 861. The number of carbonyl (C=O) groups excluding carboxylic acids is 2. The number of nitrogens with one attached hydrogen (secondary N) is 2. The summed E-state index contributed by atoms with van der Waals surface area (Å²) in [4.78, 5) is 41.0. The van der Waals surface area contributed by atoms with Crippen molar-refractivity contribution in [2.75, 3.05) is 13.1 Å². The molecule has 1 aromatic heterocycles. The number of hydrogen-bond donors (Lipinski definition) is 2. The molecule has 7 heteroatoms. The maximum atomic E-state index is 13.2. The summed E-state index contributed by atoms with van der Waals surface area (Å²) in [5.41, 5.74) is 1.15. The third-order valence-corrected chi connectivity index (χ3v) is 4.24. The SMILES string of the molecule is CCc1[nH]c(=O)ccc1C(=O)N1CCNC(=O)C1c1ccc(F)cc1. The highest BCUT2D eigenvalue weighted by Crippen LogP contribution is 2.26. The van der Waals surface area contributed by atoms with Crippen molar-refractivity contribution in [1.82, 2.24) is 15.2 Å². The van der Waals surface area contributed by atoms with E-state index in [9.17, 15) is 18.8 Å². The number of rotatable bonds is 3. The fraction of sp³-hybridized carbons (Fsp3) is 0.278. The zero-order valence-corrected chi connectivity index (χ0v) is 13.7. The van der Waals surface area contributed by atoms with E-state index in [2.05, 4.69) is 10.3 Å². The lowest BCUT2D eigenvalue weighted by molar-refractivity contribution is -0.128. The molecule has 0 bridgehead atoms. The van der Waals surface area contributed by atoms with E-state index in [0.717, 1.165) is 0 Å². The quantitative estimate of drug-likeness (QED) is 0.883. The fourth-order valence-electron chi connectivity index (χ4n) is 3.01. The molecule has 6 nitrogen and oxygen atoms in total. The second-order valence-corrected chi connectivity index (χ2v) is 5.81. The number of benzene rings is 1. The Morgan fingerprint density at radius 3 is 2.60 bits per heavy atom. The summed E-state index contributed by atoms with van der Waals surface area (Å²) in [7, 11) is 0. The summed E-state index contributed by atoms with van der Waals surface area (Å²) in [5, 5.41) is 2.73. The zero-order valence-electron chi connectivity index (χ0n) is 13.7. The highest BCUT2D eigenvalue weighted by molar-refractivity contribution is 5.99. The second-order valence-electron chi connectivity index (χ2n) is 5.81. The molecule has 1 fully saturated rings. The van der Waals surface area contributed by atoms with Crippen LogP contribution in [0.1, 0.15) is 34.6 Å². The average Bonchev–Trinajstić information content (AvgIpc) is 2.61. The van der Waals surface area contributed by atoms with Crippen LogP contribution in [0.5, 0.6) is 0 Å². The molecule has 1 unspecified atom stereocenters. The van der Waals surface area contributed by atoms with Crippen molar-refractivity contribution in [3.63, 3.8) is 0 Å². The Balaban J connectivity index is 2.00. The fourth-order valence-corrected chi connectivity index (χ4v) is 3.01. The van der Waals surface area contributed by atoms with E-state index >= 15 is 0 Å². The summed E-state index contributed by atoms with van der Waals surface area (Å²) in [6.07, 6.45) is 0.485. The van der Waals surface area contributed by atoms with Crippen LogP contribution in [-0.2, 0) is 11.2 Å². The summed E-state index contributed by atoms with van der Waals surface area (Å²) >= 11 is 0. The molecule has 2 aromatic rings. The Morgan fingerprint density at radius 1 is 1.20 bits per heavy atom. The summed E-state index contributed by atoms with van der Waals surface area (Å²) in [5.74, 6) is -1.06. The summed E-state index contributed by atoms with van der Waals surface area (Å²) in [6, 6.07) is 7.46. The zero-order chi connectivity index (χ0) is 18.0. The first kappa shape index (κ1) is 16.9. The number of pyridine rings is 1. The van der Waals surface area contributed by atoms with Crippen LogP contribution in [0.2, 0.25) is 0 Å². The largest absolute Gasteiger partial charge is 0.352 e. The molecule has 25 heavy (non-hydrogen) atoms. The van der Waals surface area contributed by atoms with Crippen LogP contribution in [0.25, 0.3) is 0 Å². The number of aromatic nitrogens is 1. The molecule has 0 radical (unpaired) electrons. The van der Waals surface area contributed by atoms with E-state index in [1.54, 1.807) is 0 Å². The van der Waals surface area contributed by atoms with Crippen LogP contribution in [0.15, 0.2) is 41.2 Å². The van der Waals surface area contributed by atoms with E-state index in [0.29, 0.717) is 36.3 Å². The van der Waals surface area contributed by atoms with E-state index < -0.39 is 11.9 Å². The van der Waals surface area contributed by atoms with Gasteiger partial charge in [0.15, 0.2) is 0 Å². The van der Waals surface area contributed by atoms with Crippen LogP contribution in [0.3, 0.4) is 0 Å². The van der Waals surface area contributed by atoms with Crippen LogP contribution in [0.4, 0.5) is 4.39 Å². The number of H-pyrrole nitrogens is 1. The molecule has 0 saturated carbocycles. The summed E-state index contributed by atoms with van der Waals surface area (Å²) < 4.78 is 13.2. The van der Waals surface area contributed by atoms with Gasteiger partial charge in [-0.2, -0.15) is 0 Å². The number of piperazine rings is 1. The van der Waals surface area contributed by atoms with Crippen LogP contribution in [-0.4, -0.2) is 34.8 Å². The van der Waals surface area contributed by atoms with E-state index in [1.807, 2.05) is 6.92 Å². The summed E-state index contributed by atoms with van der Waals surface area (Å²) in [6.45, 7) is 2.50. The van der Waals surface area contributed by atoms with E-state index in [-0.39, 0.29) is 17.4 Å². The van der Waals surface area contributed by atoms with Gasteiger partial charge in [-0.25, -0.2) is 4.39 Å². The van der Waals surface area contributed by atoms with Gasteiger partial charge in [0.05, 0.1) is 5.56 Å². The lowest BCUT2D eigenvalue weighted by Crippen LogP contribution is -2.52. The van der Waals surface area contributed by atoms with Crippen LogP contribution >= 0.6 is 0 Å². The number of carbonyl (C=O) groups is 2. The highest BCUT2D eigenvalue weighted by Gasteiger charge is 2.35. The van der Waals surface area contributed by atoms with E-state index in [1.165, 1.54) is 41.3 Å². The molecule has 1 aliphatic heterocycles. The third-order valence-electron chi connectivity index (χ3n) is 4.24. The molecule has 0 aliphatic carbocycles. The van der Waals surface area contributed by atoms with Crippen LogP contribution < -0.4 is 10.9 Å². The monoisotopic (exact) mass is 343 g/mol. The van der Waals surface area contributed by atoms with Gasteiger partial charge in [-0.1, -0.05) is 19.1 Å². The van der Waals surface area contributed by atoms with Crippen molar-refractivity contribution in [2.24, 2.45) is 0 Å². The Labute approximate surface area is 143 Å². The van der Waals surface area contributed by atoms with Crippen molar-refractivity contribution in [1.29, 1.82) is 0 Å². The van der Waals surface area contributed by atoms with Gasteiger partial charge in [0.1, 0.15) is 11.9 Å². The van der Waals surface area contributed by atoms with Gasteiger partial charge in [-0.05, 0) is 30.2 Å². The number of aryl methyl sites for hydroxylation is 1. The molecule has 2 amide bonds. The predicted molar refractivity (Wildman–Crippen MR) is 89.6 cm³/mol. The Hall–Kier alpha value is -2.96. The number of aromatic amines is 1. The van der Waals surface area contributed by atoms with Crippen molar-refractivity contribution >= 4 is 11.8 Å². The van der Waals surface area contributed by atoms with Gasteiger partial charge in [-0.3, -0.25) is 14.4 Å². The van der Waals surface area contributed by atoms with Crippen molar-refractivity contribution < 1.29 is 14.0 Å². The van der Waals surface area contributed by atoms with Crippen molar-refractivity contribution in [2.45, 2.75) is 19.4 Å². The minimum absolute atomic E-state index is 0.278. The maximum absolute atomic E-state index is 13.2. The third kappa shape index (κ3) is 3.31. The molecule has 1 saturated heterocycles. The number of nitrogens with zero attached hydrogens (tertiary/aromatic N) is 1. The topological polar surface area (TPSA) is 82.3 Å². The molecule has 2 N–H and O–H groups in total. The van der Waals surface area contributed by atoms with Crippen molar-refractivity contribution in [3.8, 4) is 0 Å². The molecule has 130 valence electrons. The van der Waals surface area contributed by atoms with Gasteiger partial charge in [0, 0.05) is 24.8 Å². The minimum atomic E-state index is -0.835. The van der Waals surface area contributed by atoms with E-state index in [4.69, 9.17) is 0 Å². The van der Waals surface area contributed by atoms with Gasteiger partial charge < -0.3 is 15.2 Å². The first-order chi connectivity index (χ1) is 12.0. The van der Waals surface area contributed by atoms with Gasteiger partial charge in [0.25, 0.3) is 5.91 Å². The van der Waals surface area contributed by atoms with Gasteiger partial charge in [0.2, 0.25) is 11.5 Å². The lowest BCUT2D eigenvalue weighted by atomic mass is 10.0. The second kappa shape index (κ2) is 6.88. The predicted octanol–water partition coefficient (Wildman–Crippen LogP) is 1.39. The first-order valence-corrected chi connectivity index (χ1v) is 8.07. The molecule has 1 atom stereocenters. The Morgan fingerprint density at radius 2 is 1.92 bits per heavy atom. The molecule has 1 aliphatic rings. The number of halogens is 1. The number of hydrogen-bond acceptors (Lipinski definition) is 3. The number of amides is 2. The first-order valence-electron chi connectivity index (χ1n) is 8.07. The van der Waals surface area contributed by atoms with Crippen molar-refractivity contribution in [3.05, 3.63) is 69.4 Å². The normalized spacial score (nSPS) is 17.3. The lowest BCUT2D eigenvalue weighted by Gasteiger charge is -2.35. The molecular formula is C18H18FN3O3. The standard InChI is InChI=1S/C18H18FN3O3/c1-2-14-13(7-8-15(23)21-14)18(25)22-10-9-20-17(24)16(22)11-3-5-12(19)6-4-11/h3-8,16H,2,9-10H2,1H3,(H,20,24)(H,21,23). The maximum Gasteiger partial charge on any atom is 0.256 e. The molecular weight excluding hydrogens is 325 g/mol. The smallest absolute Gasteiger partial charge is 0.256 e. The highest BCUT2D eigenvalue weighted by atomic mass is 19.1. The van der Waals surface area contributed by atoms with Crippen LogP contribution in [0, 0.1) is 5.82 Å². The molecule has 0 spiro atoms. The minimum Gasteiger partial charge on any atom is -0.352 e. The molecule has 2 heterocycles. The van der Waals surface area contributed by atoms with Gasteiger partial charge in [-0.15, -0.1) is 0 Å². The van der Waals surface area contributed by atoms with Gasteiger partial charge >= 0.3 is 0 Å². The molecule has 3 rings (SSSR count). The Kier molecular flexibility index (Phi) is 4.65.